The minimum Gasteiger partial charge on any atom is -0.347 e. The van der Waals surface area contributed by atoms with Gasteiger partial charge >= 0.3 is 0 Å². The highest BCUT2D eigenvalue weighted by molar-refractivity contribution is 5.79. The van der Waals surface area contributed by atoms with Gasteiger partial charge in [-0.3, -0.25) is 9.59 Å². The molecule has 1 aromatic carbocycles. The summed E-state index contributed by atoms with van der Waals surface area (Å²) < 4.78 is 0. The van der Waals surface area contributed by atoms with E-state index in [2.05, 4.69) is 5.32 Å². The van der Waals surface area contributed by atoms with Crippen LogP contribution in [0.5, 0.6) is 0 Å². The van der Waals surface area contributed by atoms with Crippen molar-refractivity contribution in [2.75, 3.05) is 13.6 Å². The highest BCUT2D eigenvalue weighted by Crippen LogP contribution is 2.17. The fourth-order valence-electron chi connectivity index (χ4n) is 2.66. The Kier molecular flexibility index (Phi) is 5.75. The number of nitrogens with one attached hydrogen (secondary N) is 1. The molecule has 0 bridgehead atoms. The van der Waals surface area contributed by atoms with Crippen LogP contribution in [0.25, 0.3) is 0 Å². The molecular weight excluding hydrogens is 276 g/mol. The normalized spacial score (nSPS) is 25.8. The lowest BCUT2D eigenvalue weighted by Crippen LogP contribution is -2.40. The highest BCUT2D eigenvalue weighted by Gasteiger charge is 2.22. The molecule has 4 heteroatoms. The lowest BCUT2D eigenvalue weighted by Gasteiger charge is -2.27. The Morgan fingerprint density at radius 3 is 2.59 bits per heavy atom. The van der Waals surface area contributed by atoms with Gasteiger partial charge in [-0.2, -0.15) is 0 Å². The van der Waals surface area contributed by atoms with E-state index in [1.165, 1.54) is 0 Å². The van der Waals surface area contributed by atoms with Crippen LogP contribution in [-0.2, 0) is 9.59 Å². The summed E-state index contributed by atoms with van der Waals surface area (Å²) in [4.78, 5) is 26.2. The monoisotopic (exact) mass is 300 g/mol. The first-order chi connectivity index (χ1) is 10.6. The zero-order valence-corrected chi connectivity index (χ0v) is 13.3. The summed E-state index contributed by atoms with van der Waals surface area (Å²) in [5.74, 6) is 0.0983. The van der Waals surface area contributed by atoms with Gasteiger partial charge in [0.15, 0.2) is 0 Å². The quantitative estimate of drug-likeness (QED) is 0.811. The standard InChI is InChI=1S/C18H24N2O2/c1-14-9-5-3-8-12-17(21)19-16(13-20(2)18(14)22)15-10-6-4-7-11-15/h3-7,10-11,14,16H,8-9,12-13H2,1-2H3,(H,19,21)/b5-3-/t14-,16+/m1/s1. The number of rotatable bonds is 1. The maximum absolute atomic E-state index is 12.4. The summed E-state index contributed by atoms with van der Waals surface area (Å²) in [7, 11) is 1.80. The van der Waals surface area contributed by atoms with Crippen molar-refractivity contribution in [3.8, 4) is 0 Å². The van der Waals surface area contributed by atoms with Gasteiger partial charge in [-0.05, 0) is 18.4 Å². The number of hydrogen-bond donors (Lipinski definition) is 1. The Labute approximate surface area is 132 Å². The van der Waals surface area contributed by atoms with Crippen LogP contribution in [0.3, 0.4) is 0 Å². The minimum atomic E-state index is -0.168. The van der Waals surface area contributed by atoms with Gasteiger partial charge < -0.3 is 10.2 Å². The summed E-state index contributed by atoms with van der Waals surface area (Å²) in [6.45, 7) is 2.44. The van der Waals surface area contributed by atoms with Crippen LogP contribution in [0, 0.1) is 5.92 Å². The molecule has 0 spiro atoms. The number of carbonyl (C=O) groups is 2. The topological polar surface area (TPSA) is 49.4 Å². The number of allylic oxidation sites excluding steroid dienone is 2. The van der Waals surface area contributed by atoms with E-state index >= 15 is 0 Å². The molecule has 0 aromatic heterocycles. The highest BCUT2D eigenvalue weighted by atomic mass is 16.2. The first-order valence-electron chi connectivity index (χ1n) is 7.82. The number of amides is 2. The zero-order valence-electron chi connectivity index (χ0n) is 13.3. The predicted molar refractivity (Wildman–Crippen MR) is 87.1 cm³/mol. The van der Waals surface area contributed by atoms with Crippen LogP contribution in [-0.4, -0.2) is 30.3 Å². The maximum atomic E-state index is 12.4. The van der Waals surface area contributed by atoms with E-state index in [1.807, 2.05) is 49.4 Å². The number of nitrogens with zero attached hydrogens (tertiary/aromatic N) is 1. The van der Waals surface area contributed by atoms with E-state index in [9.17, 15) is 9.59 Å². The molecule has 2 atom stereocenters. The Hall–Kier alpha value is -2.10. The second kappa shape index (κ2) is 7.78. The molecule has 1 aliphatic rings. The van der Waals surface area contributed by atoms with E-state index < -0.39 is 0 Å². The van der Waals surface area contributed by atoms with Gasteiger partial charge in [0.25, 0.3) is 0 Å². The van der Waals surface area contributed by atoms with Gasteiger partial charge in [-0.25, -0.2) is 0 Å². The fraction of sp³-hybridized carbons (Fsp3) is 0.444. The summed E-state index contributed by atoms with van der Waals surface area (Å²) in [6.07, 6.45) is 5.90. The van der Waals surface area contributed by atoms with Gasteiger partial charge in [0, 0.05) is 25.9 Å². The summed E-state index contributed by atoms with van der Waals surface area (Å²) in [6, 6.07) is 9.65. The predicted octanol–water partition coefficient (Wildman–Crippen LogP) is 2.68. The average Bonchev–Trinajstić information content (AvgIpc) is 2.52. The second-order valence-corrected chi connectivity index (χ2v) is 5.90. The Morgan fingerprint density at radius 1 is 1.14 bits per heavy atom. The molecule has 2 rings (SSSR count). The Bertz CT molecular complexity index is 539. The molecular formula is C18H24N2O2. The van der Waals surface area contributed by atoms with Crippen LogP contribution >= 0.6 is 0 Å². The summed E-state index contributed by atoms with van der Waals surface area (Å²) in [5, 5.41) is 3.05. The van der Waals surface area contributed by atoms with Gasteiger partial charge in [-0.1, -0.05) is 49.4 Å². The third kappa shape index (κ3) is 4.45. The first-order valence-corrected chi connectivity index (χ1v) is 7.82. The molecule has 0 fully saturated rings. The molecule has 0 saturated heterocycles. The molecule has 1 aliphatic heterocycles. The largest absolute Gasteiger partial charge is 0.347 e. The molecule has 0 radical (unpaired) electrons. The number of likely N-dealkylation sites (N-methyl/N-ethyl adjacent to an activating group) is 1. The first kappa shape index (κ1) is 16.3. The molecule has 1 N–H and O–H groups in total. The minimum absolute atomic E-state index is 0.0213. The van der Waals surface area contributed by atoms with Gasteiger partial charge in [0.1, 0.15) is 0 Å². The van der Waals surface area contributed by atoms with E-state index in [4.69, 9.17) is 0 Å². The SMILES string of the molecule is C[C@@H]1C/C=C\CCC(=O)N[C@H](c2ccccc2)CN(C)C1=O. The lowest BCUT2D eigenvalue weighted by molar-refractivity contribution is -0.134. The zero-order chi connectivity index (χ0) is 15.9. The van der Waals surface area contributed by atoms with Crippen molar-refractivity contribution < 1.29 is 9.59 Å². The molecule has 118 valence electrons. The molecule has 0 unspecified atom stereocenters. The van der Waals surface area contributed by atoms with Crippen LogP contribution in [0.15, 0.2) is 42.5 Å². The number of carbonyl (C=O) groups excluding carboxylic acids is 2. The summed E-state index contributed by atoms with van der Waals surface area (Å²) in [5.41, 5.74) is 1.02. The van der Waals surface area contributed by atoms with Crippen molar-refractivity contribution in [3.05, 3.63) is 48.0 Å². The van der Waals surface area contributed by atoms with Gasteiger partial charge in [0.2, 0.25) is 11.8 Å². The summed E-state index contributed by atoms with van der Waals surface area (Å²) >= 11 is 0. The third-order valence-corrected chi connectivity index (χ3v) is 3.99. The number of hydrogen-bond acceptors (Lipinski definition) is 2. The van der Waals surface area contributed by atoms with Crippen molar-refractivity contribution in [3.63, 3.8) is 0 Å². The van der Waals surface area contributed by atoms with E-state index in [1.54, 1.807) is 11.9 Å². The van der Waals surface area contributed by atoms with Crippen molar-refractivity contribution >= 4 is 11.8 Å². The smallest absolute Gasteiger partial charge is 0.225 e. The number of benzene rings is 1. The van der Waals surface area contributed by atoms with Crippen LogP contribution in [0.1, 0.15) is 37.8 Å². The van der Waals surface area contributed by atoms with Crippen molar-refractivity contribution in [1.82, 2.24) is 10.2 Å². The fourth-order valence-corrected chi connectivity index (χ4v) is 2.66. The van der Waals surface area contributed by atoms with Crippen LogP contribution in [0.4, 0.5) is 0 Å². The molecule has 1 aromatic rings. The van der Waals surface area contributed by atoms with Crippen LogP contribution in [0.2, 0.25) is 0 Å². The van der Waals surface area contributed by atoms with Crippen molar-refractivity contribution in [2.24, 2.45) is 5.92 Å². The molecule has 2 amide bonds. The van der Waals surface area contributed by atoms with Crippen molar-refractivity contribution in [1.29, 1.82) is 0 Å². The molecule has 0 saturated carbocycles. The van der Waals surface area contributed by atoms with Gasteiger partial charge in [-0.15, -0.1) is 0 Å². The Morgan fingerprint density at radius 2 is 1.86 bits per heavy atom. The maximum Gasteiger partial charge on any atom is 0.225 e. The molecule has 4 nitrogen and oxygen atoms in total. The molecule has 0 aliphatic carbocycles. The Balaban J connectivity index is 2.21. The van der Waals surface area contributed by atoms with E-state index in [-0.39, 0.29) is 23.8 Å². The molecule has 22 heavy (non-hydrogen) atoms. The van der Waals surface area contributed by atoms with Crippen LogP contribution < -0.4 is 5.32 Å². The van der Waals surface area contributed by atoms with E-state index in [0.29, 0.717) is 19.4 Å². The van der Waals surface area contributed by atoms with Crippen molar-refractivity contribution in [2.45, 2.75) is 32.2 Å². The average molecular weight is 300 g/mol. The third-order valence-electron chi connectivity index (χ3n) is 3.99. The second-order valence-electron chi connectivity index (χ2n) is 5.90. The van der Waals surface area contributed by atoms with E-state index in [0.717, 1.165) is 12.0 Å². The lowest BCUT2D eigenvalue weighted by atomic mass is 10.0. The molecule has 1 heterocycles. The van der Waals surface area contributed by atoms with Gasteiger partial charge in [0.05, 0.1) is 6.04 Å².